The summed E-state index contributed by atoms with van der Waals surface area (Å²) >= 11 is 1.89. The van der Waals surface area contributed by atoms with Crippen LogP contribution in [0.15, 0.2) is 36.0 Å². The van der Waals surface area contributed by atoms with Gasteiger partial charge in [-0.15, -0.1) is 11.3 Å². The van der Waals surface area contributed by atoms with Gasteiger partial charge in [-0.1, -0.05) is 6.92 Å². The Morgan fingerprint density at radius 1 is 1.18 bits per heavy atom. The first-order valence-electron chi connectivity index (χ1n) is 6.00. The molecule has 2 heteroatoms. The van der Waals surface area contributed by atoms with Gasteiger partial charge in [-0.3, -0.25) is 0 Å². The standard InChI is InChI=1S/C15H13NS/c1-9-4-15-12(2-3-17-15)14-6-11-8-16-7-10(11)5-13(9)14/h2-3,5-9,16H,4H2,1H3. The Hall–Kier alpha value is -1.54. The van der Waals surface area contributed by atoms with Crippen LogP contribution in [0.1, 0.15) is 23.3 Å². The molecule has 0 saturated heterocycles. The number of aromatic amines is 1. The first-order chi connectivity index (χ1) is 8.33. The van der Waals surface area contributed by atoms with Crippen LogP contribution in [-0.2, 0) is 6.42 Å². The molecule has 0 spiro atoms. The number of thiophene rings is 1. The molecule has 0 bridgehead atoms. The van der Waals surface area contributed by atoms with Crippen molar-refractivity contribution in [2.24, 2.45) is 0 Å². The molecule has 1 unspecified atom stereocenters. The second kappa shape index (κ2) is 3.23. The van der Waals surface area contributed by atoms with Crippen LogP contribution in [-0.4, -0.2) is 4.98 Å². The molecule has 1 aliphatic rings. The van der Waals surface area contributed by atoms with Gasteiger partial charge in [0, 0.05) is 17.3 Å². The third-order valence-corrected chi connectivity index (χ3v) is 4.73. The van der Waals surface area contributed by atoms with Crippen molar-refractivity contribution >= 4 is 22.1 Å². The highest BCUT2D eigenvalue weighted by molar-refractivity contribution is 7.10. The Morgan fingerprint density at radius 2 is 2.00 bits per heavy atom. The van der Waals surface area contributed by atoms with E-state index in [-0.39, 0.29) is 0 Å². The molecule has 0 fully saturated rings. The molecule has 2 heterocycles. The highest BCUT2D eigenvalue weighted by Crippen LogP contribution is 2.43. The lowest BCUT2D eigenvalue weighted by Crippen LogP contribution is -2.05. The fourth-order valence-electron chi connectivity index (χ4n) is 2.89. The minimum absolute atomic E-state index is 0.635. The summed E-state index contributed by atoms with van der Waals surface area (Å²) in [5, 5.41) is 4.86. The summed E-state index contributed by atoms with van der Waals surface area (Å²) in [6.45, 7) is 2.33. The van der Waals surface area contributed by atoms with Crippen molar-refractivity contribution in [1.82, 2.24) is 4.98 Å². The summed E-state index contributed by atoms with van der Waals surface area (Å²) in [4.78, 5) is 4.74. The summed E-state index contributed by atoms with van der Waals surface area (Å²) in [6.07, 6.45) is 5.36. The van der Waals surface area contributed by atoms with Crippen LogP contribution >= 0.6 is 11.3 Å². The molecule has 0 aliphatic heterocycles. The quantitative estimate of drug-likeness (QED) is 0.592. The van der Waals surface area contributed by atoms with E-state index < -0.39 is 0 Å². The van der Waals surface area contributed by atoms with Gasteiger partial charge in [0.1, 0.15) is 0 Å². The van der Waals surface area contributed by atoms with Crippen molar-refractivity contribution in [3.8, 4) is 11.1 Å². The minimum Gasteiger partial charge on any atom is -0.366 e. The molecular weight excluding hydrogens is 226 g/mol. The zero-order valence-corrected chi connectivity index (χ0v) is 10.5. The Kier molecular flexibility index (Phi) is 1.80. The normalized spacial score (nSPS) is 18.1. The lowest BCUT2D eigenvalue weighted by atomic mass is 9.83. The fourth-order valence-corrected chi connectivity index (χ4v) is 3.91. The van der Waals surface area contributed by atoms with Crippen LogP contribution in [0.4, 0.5) is 0 Å². The topological polar surface area (TPSA) is 15.8 Å². The highest BCUT2D eigenvalue weighted by atomic mass is 32.1. The predicted octanol–water partition coefficient (Wildman–Crippen LogP) is 4.56. The molecular formula is C15H13NS. The maximum Gasteiger partial charge on any atom is 0.0130 e. The summed E-state index contributed by atoms with van der Waals surface area (Å²) in [5.41, 5.74) is 4.39. The van der Waals surface area contributed by atoms with Crippen molar-refractivity contribution in [2.45, 2.75) is 19.3 Å². The van der Waals surface area contributed by atoms with Gasteiger partial charge in [-0.05, 0) is 63.4 Å². The van der Waals surface area contributed by atoms with Crippen molar-refractivity contribution in [2.75, 3.05) is 0 Å². The number of fused-ring (bicyclic) bond motifs is 4. The van der Waals surface area contributed by atoms with Gasteiger partial charge in [0.05, 0.1) is 0 Å². The first kappa shape index (κ1) is 9.49. The maximum atomic E-state index is 3.20. The number of benzene rings is 1. The van der Waals surface area contributed by atoms with Crippen molar-refractivity contribution in [1.29, 1.82) is 0 Å². The van der Waals surface area contributed by atoms with Crippen LogP contribution in [0.5, 0.6) is 0 Å². The van der Waals surface area contributed by atoms with E-state index >= 15 is 0 Å². The van der Waals surface area contributed by atoms with E-state index in [1.165, 1.54) is 33.9 Å². The molecule has 17 heavy (non-hydrogen) atoms. The molecule has 0 radical (unpaired) electrons. The maximum absolute atomic E-state index is 3.20. The third-order valence-electron chi connectivity index (χ3n) is 3.79. The molecule has 3 aromatic rings. The summed E-state index contributed by atoms with van der Waals surface area (Å²) in [6, 6.07) is 6.96. The minimum atomic E-state index is 0.635. The summed E-state index contributed by atoms with van der Waals surface area (Å²) in [5.74, 6) is 0.635. The number of hydrogen-bond donors (Lipinski definition) is 1. The number of hydrogen-bond acceptors (Lipinski definition) is 1. The predicted molar refractivity (Wildman–Crippen MR) is 73.7 cm³/mol. The third kappa shape index (κ3) is 1.25. The average molecular weight is 239 g/mol. The summed E-state index contributed by atoms with van der Waals surface area (Å²) in [7, 11) is 0. The lowest BCUT2D eigenvalue weighted by Gasteiger charge is -2.22. The van der Waals surface area contributed by atoms with Crippen molar-refractivity contribution < 1.29 is 0 Å². The molecule has 4 rings (SSSR count). The van der Waals surface area contributed by atoms with Crippen LogP contribution in [0.3, 0.4) is 0 Å². The van der Waals surface area contributed by atoms with E-state index in [0.717, 1.165) is 0 Å². The van der Waals surface area contributed by atoms with Gasteiger partial charge >= 0.3 is 0 Å². The van der Waals surface area contributed by atoms with E-state index in [1.807, 2.05) is 11.3 Å². The molecule has 1 nitrogen and oxygen atoms in total. The largest absolute Gasteiger partial charge is 0.366 e. The van der Waals surface area contributed by atoms with E-state index in [1.54, 1.807) is 4.88 Å². The summed E-state index contributed by atoms with van der Waals surface area (Å²) < 4.78 is 0. The van der Waals surface area contributed by atoms with Crippen LogP contribution in [0.2, 0.25) is 0 Å². The second-order valence-electron chi connectivity index (χ2n) is 4.89. The number of H-pyrrole nitrogens is 1. The zero-order valence-electron chi connectivity index (χ0n) is 9.66. The molecule has 0 saturated carbocycles. The van der Waals surface area contributed by atoms with Gasteiger partial charge < -0.3 is 4.98 Å². The molecule has 84 valence electrons. The Morgan fingerprint density at radius 3 is 2.88 bits per heavy atom. The SMILES string of the molecule is CC1Cc2sccc2-c2cc3c[nH]cc3cc21. The van der Waals surface area contributed by atoms with Gasteiger partial charge in [0.2, 0.25) is 0 Å². The van der Waals surface area contributed by atoms with E-state index in [9.17, 15) is 0 Å². The van der Waals surface area contributed by atoms with E-state index in [0.29, 0.717) is 5.92 Å². The van der Waals surface area contributed by atoms with Gasteiger partial charge in [-0.2, -0.15) is 0 Å². The van der Waals surface area contributed by atoms with Gasteiger partial charge in [0.25, 0.3) is 0 Å². The Bertz CT molecular complexity index is 705. The van der Waals surface area contributed by atoms with Gasteiger partial charge in [0.15, 0.2) is 0 Å². The molecule has 1 aliphatic carbocycles. The molecule has 1 N–H and O–H groups in total. The monoisotopic (exact) mass is 239 g/mol. The zero-order chi connectivity index (χ0) is 11.4. The highest BCUT2D eigenvalue weighted by Gasteiger charge is 2.23. The molecule has 1 aromatic carbocycles. The lowest BCUT2D eigenvalue weighted by molar-refractivity contribution is 0.761. The van der Waals surface area contributed by atoms with Crippen LogP contribution in [0.25, 0.3) is 21.9 Å². The molecule has 2 aromatic heterocycles. The van der Waals surface area contributed by atoms with E-state index in [2.05, 4.69) is 47.9 Å². The second-order valence-corrected chi connectivity index (χ2v) is 5.89. The Labute approximate surface area is 104 Å². The smallest absolute Gasteiger partial charge is 0.0130 e. The van der Waals surface area contributed by atoms with Gasteiger partial charge in [-0.25, -0.2) is 0 Å². The fraction of sp³-hybridized carbons (Fsp3) is 0.200. The van der Waals surface area contributed by atoms with Crippen molar-refractivity contribution in [3.05, 3.63) is 46.4 Å². The van der Waals surface area contributed by atoms with E-state index in [4.69, 9.17) is 0 Å². The van der Waals surface area contributed by atoms with Crippen LogP contribution < -0.4 is 0 Å². The molecule has 1 atom stereocenters. The Balaban J connectivity index is 2.10. The first-order valence-corrected chi connectivity index (χ1v) is 6.88. The molecule has 0 amide bonds. The number of nitrogens with one attached hydrogen (secondary N) is 1. The van der Waals surface area contributed by atoms with Crippen molar-refractivity contribution in [3.63, 3.8) is 0 Å². The number of aromatic nitrogens is 1. The van der Waals surface area contributed by atoms with Crippen LogP contribution in [0, 0.1) is 0 Å². The average Bonchev–Trinajstić information content (AvgIpc) is 2.93. The number of rotatable bonds is 0.